The molecule has 0 bridgehead atoms. The molecule has 6 nitrogen and oxygen atoms in total. The van der Waals surface area contributed by atoms with Crippen LogP contribution in [-0.4, -0.2) is 34.3 Å². The number of carbonyl (C=O) groups is 2. The molecule has 2 aromatic rings. The van der Waals surface area contributed by atoms with Crippen molar-refractivity contribution in [3.63, 3.8) is 0 Å². The first-order valence-electron chi connectivity index (χ1n) is 13.1. The predicted molar refractivity (Wildman–Crippen MR) is 77.7 cm³/mol. The number of pyridine rings is 2. The molecular weight excluding hydrogens is 268 g/mol. The van der Waals surface area contributed by atoms with Gasteiger partial charge in [0, 0.05) is 41.3 Å². The van der Waals surface area contributed by atoms with Gasteiger partial charge in [-0.15, -0.1) is 0 Å². The molecule has 0 radical (unpaired) electrons. The van der Waals surface area contributed by atoms with E-state index < -0.39 is 102 Å². The van der Waals surface area contributed by atoms with Crippen molar-refractivity contribution >= 4 is 11.8 Å². The summed E-state index contributed by atoms with van der Waals surface area (Å²) in [6, 6.07) is -8.44. The summed E-state index contributed by atoms with van der Waals surface area (Å²) in [6.07, 6.45) is -4.12. The lowest BCUT2D eigenvalue weighted by molar-refractivity contribution is 0.0912. The van der Waals surface area contributed by atoms with Gasteiger partial charge in [0.05, 0.1) is 26.2 Å². The number of hydrogen-bond donors (Lipinski definition) is 2. The third-order valence-electron chi connectivity index (χ3n) is 1.84. The van der Waals surface area contributed by atoms with E-state index in [1.807, 2.05) is 0 Å². The van der Waals surface area contributed by atoms with Crippen LogP contribution >= 0.6 is 0 Å². The molecule has 1 unspecified atom stereocenters. The molecule has 21 heavy (non-hydrogen) atoms. The number of nitrogens with zero attached hydrogens (tertiary/aromatic N) is 2. The van der Waals surface area contributed by atoms with Crippen molar-refractivity contribution in [2.75, 3.05) is 6.50 Å². The molecule has 2 rings (SSSR count). The summed E-state index contributed by atoms with van der Waals surface area (Å²) in [5, 5.41) is -1.68. The Morgan fingerprint density at radius 2 is 1.95 bits per heavy atom. The highest BCUT2D eigenvalue weighted by molar-refractivity contribution is 5.95. The van der Waals surface area contributed by atoms with E-state index in [0.29, 0.717) is 0 Å². The van der Waals surface area contributed by atoms with Gasteiger partial charge in [-0.25, -0.2) is 0 Å². The largest absolute Gasteiger partial charge is 0.350 e. The van der Waals surface area contributed by atoms with Gasteiger partial charge in [0.2, 0.25) is 0 Å². The summed E-state index contributed by atoms with van der Waals surface area (Å²) in [4.78, 5) is 32.2. The summed E-state index contributed by atoms with van der Waals surface area (Å²) in [6.45, 7) is -8.16. The molecule has 0 aliphatic rings. The Morgan fingerprint density at radius 1 is 1.33 bits per heavy atom. The molecule has 108 valence electrons. The fourth-order valence-electron chi connectivity index (χ4n) is 1.01. The van der Waals surface area contributed by atoms with Crippen LogP contribution in [0.25, 0.3) is 0 Å². The second kappa shape index (κ2) is 7.14. The topological polar surface area (TPSA) is 84.0 Å². The minimum absolute atomic E-state index is 0.832. The maximum Gasteiger partial charge on any atom is 0.253 e. The minimum atomic E-state index is -4.17. The van der Waals surface area contributed by atoms with Gasteiger partial charge in [0.15, 0.2) is 2.82 Å². The van der Waals surface area contributed by atoms with Crippen LogP contribution in [0.3, 0.4) is 0 Å². The second-order valence-corrected chi connectivity index (χ2v) is 3.22. The van der Waals surface area contributed by atoms with E-state index in [9.17, 15) is 9.59 Å². The van der Waals surface area contributed by atoms with Crippen molar-refractivity contribution in [1.82, 2.24) is 20.6 Å². The average molecular weight is 300 g/mol. The fourth-order valence-corrected chi connectivity index (χ4v) is 1.01. The van der Waals surface area contributed by atoms with Crippen molar-refractivity contribution in [2.24, 2.45) is 0 Å². The highest BCUT2D eigenvalue weighted by Gasteiger charge is 2.11. The Morgan fingerprint density at radius 3 is 2.57 bits per heavy atom. The molecule has 0 aliphatic carbocycles. The number of hydrogen-bond acceptors (Lipinski definition) is 4. The molecule has 2 N–H and O–H groups in total. The molecule has 2 aromatic heterocycles. The molecule has 2 amide bonds. The molecule has 1 atom stereocenters. The summed E-state index contributed by atoms with van der Waals surface area (Å²) in [7, 11) is 0. The lowest BCUT2D eigenvalue weighted by Gasteiger charge is -2.14. The maximum absolute atomic E-state index is 12.9. The standard InChI is InChI=1S/C15H16N4O2/c1-11(19-15(21)13-5-3-7-17-10-13)8-18-14(20)12-4-2-6-16-9-12/h2-7,9-11H,8H2,1H3,(H,18,20)(H,19,21)/i1D3,2D,3D,4D,5D,6D,7D,8D2,9D,10D,11D/hD2. The fraction of sp³-hybridized carbons (Fsp3) is 0.200. The Kier molecular flexibility index (Phi) is 1.48. The van der Waals surface area contributed by atoms with E-state index in [1.54, 1.807) is 0 Å². The first-order chi connectivity index (χ1) is 16.6. The number of amides is 2. The van der Waals surface area contributed by atoms with E-state index in [-0.39, 0.29) is 0 Å². The summed E-state index contributed by atoms with van der Waals surface area (Å²) in [5.74, 6) is -3.96. The quantitative estimate of drug-likeness (QED) is 0.863. The SMILES string of the molecule is [2H]c1nc([2H])c(C(=O)N([2H])C([2H])([2H])C([2H])(N([2H])C(=O)c2c([2H])nc([2H])c([2H])c2[2H])C([2H])([2H])[2H])c([2H])c1[2H]. The predicted octanol–water partition coefficient (Wildman–Crippen LogP) is 1.02. The second-order valence-electron chi connectivity index (χ2n) is 3.22. The third kappa shape index (κ3) is 4.38. The first-order valence-corrected chi connectivity index (χ1v) is 5.20. The minimum Gasteiger partial charge on any atom is -0.350 e. The molecule has 0 saturated heterocycles. The van der Waals surface area contributed by atoms with Crippen LogP contribution < -0.4 is 10.6 Å². The van der Waals surface area contributed by atoms with Crippen LogP contribution in [0.15, 0.2) is 48.9 Å². The van der Waals surface area contributed by atoms with Crippen LogP contribution in [0.4, 0.5) is 0 Å². The molecule has 0 aliphatic heterocycles. The highest BCUT2D eigenvalue weighted by Crippen LogP contribution is 1.97. The van der Waals surface area contributed by atoms with Crippen molar-refractivity contribution in [3.05, 3.63) is 60.0 Å². The van der Waals surface area contributed by atoms with Gasteiger partial charge >= 0.3 is 0 Å². The summed E-state index contributed by atoms with van der Waals surface area (Å²) >= 11 is 0. The van der Waals surface area contributed by atoms with Gasteiger partial charge in [0.1, 0.15) is 0 Å². The van der Waals surface area contributed by atoms with E-state index in [1.165, 1.54) is 0 Å². The molecule has 6 heteroatoms. The monoisotopic (exact) mass is 300 g/mol. The van der Waals surface area contributed by atoms with Crippen molar-refractivity contribution in [2.45, 2.75) is 12.9 Å². The van der Waals surface area contributed by atoms with Crippen LogP contribution in [0.5, 0.6) is 0 Å². The maximum atomic E-state index is 12.9. The van der Waals surface area contributed by atoms with Gasteiger partial charge in [-0.1, -0.05) is 0 Å². The van der Waals surface area contributed by atoms with Gasteiger partial charge in [0.25, 0.3) is 11.8 Å². The van der Waals surface area contributed by atoms with Crippen LogP contribution in [0, 0.1) is 0 Å². The normalized spacial score (nSPS) is 25.1. The molecular formula is C15H16N4O2. The summed E-state index contributed by atoms with van der Waals surface area (Å²) < 4.78 is 124. The zero-order chi connectivity index (χ0) is 29.0. The number of aromatic nitrogens is 2. The lowest BCUT2D eigenvalue weighted by Crippen LogP contribution is -2.41. The van der Waals surface area contributed by atoms with Gasteiger partial charge in [-0.3, -0.25) is 19.6 Å². The highest BCUT2D eigenvalue weighted by atomic mass is 16.2. The Balaban J connectivity index is 2.71. The lowest BCUT2D eigenvalue weighted by atomic mass is 10.2. The van der Waals surface area contributed by atoms with Crippen LogP contribution in [0.1, 0.15) is 46.8 Å². The van der Waals surface area contributed by atoms with E-state index >= 15 is 0 Å². The molecule has 0 fully saturated rings. The molecule has 2 heterocycles. The van der Waals surface area contributed by atoms with E-state index in [0.717, 1.165) is 0 Å². The van der Waals surface area contributed by atoms with Crippen molar-refractivity contribution in [1.29, 1.82) is 0 Å². The van der Waals surface area contributed by atoms with Crippen molar-refractivity contribution < 1.29 is 31.6 Å². The molecule has 0 aromatic carbocycles. The number of nitrogens with one attached hydrogen (secondary N) is 2. The summed E-state index contributed by atoms with van der Waals surface area (Å²) in [5.41, 5.74) is -2.43. The zero-order valence-corrected chi connectivity index (χ0v) is 10.1. The van der Waals surface area contributed by atoms with Gasteiger partial charge in [-0.05, 0) is 31.0 Å². The third-order valence-corrected chi connectivity index (χ3v) is 1.84. The Bertz CT molecular complexity index is 1280. The van der Waals surface area contributed by atoms with E-state index in [2.05, 4.69) is 9.97 Å². The zero-order valence-electron chi connectivity index (χ0n) is 26.1. The van der Waals surface area contributed by atoms with Gasteiger partial charge in [-0.2, -0.15) is 0 Å². The average Bonchev–Trinajstić information content (AvgIpc) is 2.78. The molecule has 0 spiro atoms. The molecule has 0 saturated carbocycles. The number of rotatable bonds is 5. The Hall–Kier alpha value is -2.76. The van der Waals surface area contributed by atoms with Crippen LogP contribution in [-0.2, 0) is 0 Å². The van der Waals surface area contributed by atoms with Gasteiger partial charge < -0.3 is 10.6 Å². The Labute approximate surface area is 145 Å². The van der Waals surface area contributed by atoms with Crippen molar-refractivity contribution in [3.8, 4) is 0 Å². The first kappa shape index (κ1) is 4.37. The van der Waals surface area contributed by atoms with Crippen LogP contribution in [0.2, 0.25) is 2.82 Å². The van der Waals surface area contributed by atoms with E-state index in [4.69, 9.17) is 22.0 Å². The smallest absolute Gasteiger partial charge is 0.253 e. The number of carbonyl (C=O) groups excluding carboxylic acids is 2.